The number of benzene rings is 2. The summed E-state index contributed by atoms with van der Waals surface area (Å²) < 4.78 is 0. The van der Waals surface area contributed by atoms with E-state index in [1.165, 1.54) is 22.4 Å². The SMILES string of the molecule is Cc1ccc(N(C)CCNC(=S)Nc2ccc(C)cc2C)cc1. The second kappa shape index (κ2) is 7.97. The highest BCUT2D eigenvalue weighted by Gasteiger charge is 2.03. The van der Waals surface area contributed by atoms with E-state index in [-0.39, 0.29) is 0 Å². The van der Waals surface area contributed by atoms with Gasteiger partial charge in [0.15, 0.2) is 5.11 Å². The molecule has 0 amide bonds. The summed E-state index contributed by atoms with van der Waals surface area (Å²) in [4.78, 5) is 2.21. The second-order valence-electron chi connectivity index (χ2n) is 5.96. The number of nitrogens with one attached hydrogen (secondary N) is 2. The van der Waals surface area contributed by atoms with Crippen LogP contribution in [-0.2, 0) is 0 Å². The highest BCUT2D eigenvalue weighted by atomic mass is 32.1. The van der Waals surface area contributed by atoms with E-state index < -0.39 is 0 Å². The summed E-state index contributed by atoms with van der Waals surface area (Å²) in [6.07, 6.45) is 0. The van der Waals surface area contributed by atoms with Crippen LogP contribution < -0.4 is 15.5 Å². The van der Waals surface area contributed by atoms with Gasteiger partial charge in [0.1, 0.15) is 0 Å². The molecule has 23 heavy (non-hydrogen) atoms. The molecular weight excluding hydrogens is 302 g/mol. The molecule has 0 heterocycles. The van der Waals surface area contributed by atoms with Crippen molar-refractivity contribution < 1.29 is 0 Å². The molecule has 2 aromatic rings. The van der Waals surface area contributed by atoms with Crippen LogP contribution in [0.5, 0.6) is 0 Å². The molecule has 0 saturated heterocycles. The van der Waals surface area contributed by atoms with Crippen LogP contribution in [0, 0.1) is 20.8 Å². The summed E-state index contributed by atoms with van der Waals surface area (Å²) in [6.45, 7) is 7.96. The fourth-order valence-electron chi connectivity index (χ4n) is 2.39. The molecule has 122 valence electrons. The Balaban J connectivity index is 1.79. The molecule has 0 bridgehead atoms. The van der Waals surface area contributed by atoms with Crippen molar-refractivity contribution in [2.75, 3.05) is 30.4 Å². The summed E-state index contributed by atoms with van der Waals surface area (Å²) in [5, 5.41) is 7.19. The average molecular weight is 327 g/mol. The molecule has 0 aromatic heterocycles. The molecule has 0 aliphatic heterocycles. The van der Waals surface area contributed by atoms with E-state index in [0.717, 1.165) is 18.8 Å². The van der Waals surface area contributed by atoms with Gasteiger partial charge in [0.25, 0.3) is 0 Å². The van der Waals surface area contributed by atoms with Gasteiger partial charge in [-0.25, -0.2) is 0 Å². The van der Waals surface area contributed by atoms with Gasteiger partial charge >= 0.3 is 0 Å². The molecule has 0 spiro atoms. The number of hydrogen-bond donors (Lipinski definition) is 2. The minimum atomic E-state index is 0.661. The normalized spacial score (nSPS) is 10.3. The number of aryl methyl sites for hydroxylation is 3. The molecule has 0 unspecified atom stereocenters. The standard InChI is InChI=1S/C19H25N3S/c1-14-5-8-17(9-6-14)22(4)12-11-20-19(23)21-18-10-7-15(2)13-16(18)3/h5-10,13H,11-12H2,1-4H3,(H2,20,21,23). The fraction of sp³-hybridized carbons (Fsp3) is 0.316. The first kappa shape index (κ1) is 17.3. The molecule has 0 saturated carbocycles. The molecule has 0 aliphatic rings. The molecule has 0 radical (unpaired) electrons. The first-order valence-electron chi connectivity index (χ1n) is 7.85. The van der Waals surface area contributed by atoms with Crippen LogP contribution in [0.2, 0.25) is 0 Å². The first-order valence-corrected chi connectivity index (χ1v) is 8.26. The van der Waals surface area contributed by atoms with E-state index in [4.69, 9.17) is 12.2 Å². The van der Waals surface area contributed by atoms with Crippen LogP contribution in [0.15, 0.2) is 42.5 Å². The number of rotatable bonds is 5. The number of anilines is 2. The van der Waals surface area contributed by atoms with Gasteiger partial charge in [0.05, 0.1) is 0 Å². The number of hydrogen-bond acceptors (Lipinski definition) is 2. The first-order chi connectivity index (χ1) is 11.0. The Morgan fingerprint density at radius 3 is 2.30 bits per heavy atom. The topological polar surface area (TPSA) is 27.3 Å². The summed E-state index contributed by atoms with van der Waals surface area (Å²) in [6, 6.07) is 14.8. The third-order valence-electron chi connectivity index (χ3n) is 3.84. The summed E-state index contributed by atoms with van der Waals surface area (Å²) in [5.74, 6) is 0. The molecular formula is C19H25N3S. The second-order valence-corrected chi connectivity index (χ2v) is 6.36. The minimum absolute atomic E-state index is 0.661. The Morgan fingerprint density at radius 1 is 1.00 bits per heavy atom. The Bertz CT molecular complexity index is 665. The van der Waals surface area contributed by atoms with Crippen molar-refractivity contribution in [3.05, 3.63) is 59.2 Å². The van der Waals surface area contributed by atoms with Crippen molar-refractivity contribution in [3.8, 4) is 0 Å². The van der Waals surface area contributed by atoms with Gasteiger partial charge in [0, 0.05) is 31.5 Å². The molecule has 4 heteroatoms. The summed E-state index contributed by atoms with van der Waals surface area (Å²) in [7, 11) is 2.09. The Morgan fingerprint density at radius 2 is 1.65 bits per heavy atom. The maximum atomic E-state index is 5.37. The lowest BCUT2D eigenvalue weighted by molar-refractivity contribution is 0.827. The predicted molar refractivity (Wildman–Crippen MR) is 105 cm³/mol. The molecule has 0 fully saturated rings. The lowest BCUT2D eigenvalue weighted by Gasteiger charge is -2.20. The quantitative estimate of drug-likeness (QED) is 0.811. The summed E-state index contributed by atoms with van der Waals surface area (Å²) in [5.41, 5.74) is 6.00. The van der Waals surface area contributed by atoms with Crippen LogP contribution >= 0.6 is 12.2 Å². The Labute approximate surface area is 144 Å². The highest BCUT2D eigenvalue weighted by molar-refractivity contribution is 7.80. The van der Waals surface area contributed by atoms with E-state index in [0.29, 0.717) is 5.11 Å². The molecule has 2 N–H and O–H groups in total. The third-order valence-corrected chi connectivity index (χ3v) is 4.08. The van der Waals surface area contributed by atoms with Crippen molar-refractivity contribution in [1.29, 1.82) is 0 Å². The van der Waals surface area contributed by atoms with Gasteiger partial charge in [-0.3, -0.25) is 0 Å². The zero-order valence-corrected chi connectivity index (χ0v) is 15.1. The average Bonchev–Trinajstić information content (AvgIpc) is 2.50. The third kappa shape index (κ3) is 5.25. The van der Waals surface area contributed by atoms with E-state index >= 15 is 0 Å². The van der Waals surface area contributed by atoms with Crippen LogP contribution in [0.1, 0.15) is 16.7 Å². The number of likely N-dealkylation sites (N-methyl/N-ethyl adjacent to an activating group) is 1. The number of nitrogens with zero attached hydrogens (tertiary/aromatic N) is 1. The van der Waals surface area contributed by atoms with E-state index in [2.05, 4.69) is 85.8 Å². The van der Waals surface area contributed by atoms with Gasteiger partial charge in [-0.2, -0.15) is 0 Å². The lowest BCUT2D eigenvalue weighted by Crippen LogP contribution is -2.35. The van der Waals surface area contributed by atoms with E-state index in [9.17, 15) is 0 Å². The fourth-order valence-corrected chi connectivity index (χ4v) is 2.60. The van der Waals surface area contributed by atoms with Gasteiger partial charge < -0.3 is 15.5 Å². The molecule has 2 rings (SSSR count). The lowest BCUT2D eigenvalue weighted by atomic mass is 10.1. The van der Waals surface area contributed by atoms with Crippen molar-refractivity contribution in [2.24, 2.45) is 0 Å². The van der Waals surface area contributed by atoms with Crippen molar-refractivity contribution in [2.45, 2.75) is 20.8 Å². The zero-order valence-electron chi connectivity index (χ0n) is 14.3. The predicted octanol–water partition coefficient (Wildman–Crippen LogP) is 4.03. The van der Waals surface area contributed by atoms with Crippen LogP contribution in [0.3, 0.4) is 0 Å². The summed E-state index contributed by atoms with van der Waals surface area (Å²) >= 11 is 5.37. The van der Waals surface area contributed by atoms with Crippen LogP contribution in [0.25, 0.3) is 0 Å². The van der Waals surface area contributed by atoms with E-state index in [1.54, 1.807) is 0 Å². The van der Waals surface area contributed by atoms with Crippen molar-refractivity contribution >= 4 is 28.7 Å². The smallest absolute Gasteiger partial charge is 0.170 e. The van der Waals surface area contributed by atoms with Crippen LogP contribution in [0.4, 0.5) is 11.4 Å². The largest absolute Gasteiger partial charge is 0.373 e. The molecule has 0 aliphatic carbocycles. The van der Waals surface area contributed by atoms with Gasteiger partial charge in [-0.1, -0.05) is 35.4 Å². The monoisotopic (exact) mass is 327 g/mol. The van der Waals surface area contributed by atoms with Gasteiger partial charge in [-0.05, 0) is 56.8 Å². The number of thiocarbonyl (C=S) groups is 1. The van der Waals surface area contributed by atoms with Gasteiger partial charge in [-0.15, -0.1) is 0 Å². The van der Waals surface area contributed by atoms with Gasteiger partial charge in [0.2, 0.25) is 0 Å². The van der Waals surface area contributed by atoms with Crippen LogP contribution in [-0.4, -0.2) is 25.2 Å². The molecule has 0 atom stereocenters. The zero-order chi connectivity index (χ0) is 16.8. The maximum absolute atomic E-state index is 5.37. The Kier molecular flexibility index (Phi) is 5.99. The molecule has 2 aromatic carbocycles. The highest BCUT2D eigenvalue weighted by Crippen LogP contribution is 2.16. The van der Waals surface area contributed by atoms with Crippen molar-refractivity contribution in [1.82, 2.24) is 5.32 Å². The minimum Gasteiger partial charge on any atom is -0.373 e. The Hall–Kier alpha value is -2.07. The van der Waals surface area contributed by atoms with E-state index in [1.807, 2.05) is 0 Å². The maximum Gasteiger partial charge on any atom is 0.170 e. The molecule has 3 nitrogen and oxygen atoms in total. The van der Waals surface area contributed by atoms with Crippen molar-refractivity contribution in [3.63, 3.8) is 0 Å².